The highest BCUT2D eigenvalue weighted by Gasteiger charge is 2.28. The molecule has 0 atom stereocenters. The van der Waals surface area contributed by atoms with Crippen molar-refractivity contribution in [3.63, 3.8) is 0 Å². The predicted molar refractivity (Wildman–Crippen MR) is 132 cm³/mol. The van der Waals surface area contributed by atoms with Crippen LogP contribution in [0, 0.1) is 0 Å². The Hall–Kier alpha value is -3.36. The largest absolute Gasteiger partial charge is 0.497 e. The summed E-state index contributed by atoms with van der Waals surface area (Å²) in [7, 11) is 1.55. The van der Waals surface area contributed by atoms with Gasteiger partial charge in [-0.3, -0.25) is 9.59 Å². The third kappa shape index (κ3) is 5.58. The van der Waals surface area contributed by atoms with Gasteiger partial charge in [-0.05, 0) is 73.7 Å². The van der Waals surface area contributed by atoms with Crippen molar-refractivity contribution in [2.24, 2.45) is 0 Å². The van der Waals surface area contributed by atoms with Gasteiger partial charge in [-0.2, -0.15) is 0 Å². The van der Waals surface area contributed by atoms with Crippen LogP contribution in [0.1, 0.15) is 44.0 Å². The minimum Gasteiger partial charge on any atom is -0.497 e. The molecule has 9 heteroatoms. The molecule has 0 aliphatic heterocycles. The van der Waals surface area contributed by atoms with Crippen LogP contribution in [0.25, 0.3) is 0 Å². The minimum absolute atomic E-state index is 0.331. The molecule has 0 fully saturated rings. The summed E-state index contributed by atoms with van der Waals surface area (Å²) in [5.74, 6) is -0.813. The lowest BCUT2D eigenvalue weighted by molar-refractivity contribution is -0.119. The number of thiophene rings is 1. The number of esters is 1. The molecule has 2 N–H and O–H groups in total. The van der Waals surface area contributed by atoms with Crippen molar-refractivity contribution >= 4 is 51.4 Å². The summed E-state index contributed by atoms with van der Waals surface area (Å²) < 4.78 is 10.5. The summed E-state index contributed by atoms with van der Waals surface area (Å²) in [4.78, 5) is 39.2. The molecule has 0 unspecified atom stereocenters. The Morgan fingerprint density at radius 1 is 1.03 bits per heavy atom. The van der Waals surface area contributed by atoms with Crippen molar-refractivity contribution in [3.8, 4) is 5.75 Å². The molecule has 1 aliphatic carbocycles. The van der Waals surface area contributed by atoms with Gasteiger partial charge in [0.25, 0.3) is 11.8 Å². The summed E-state index contributed by atoms with van der Waals surface area (Å²) in [6.07, 6.45) is 3.54. The molecule has 2 amide bonds. The van der Waals surface area contributed by atoms with Gasteiger partial charge < -0.3 is 20.1 Å². The van der Waals surface area contributed by atoms with Gasteiger partial charge in [-0.1, -0.05) is 17.7 Å². The lowest BCUT2D eigenvalue weighted by Gasteiger charge is -2.13. The van der Waals surface area contributed by atoms with Gasteiger partial charge in [0.1, 0.15) is 10.8 Å². The quantitative estimate of drug-likeness (QED) is 0.429. The monoisotopic (exact) mass is 498 g/mol. The van der Waals surface area contributed by atoms with E-state index in [2.05, 4.69) is 10.6 Å². The Bertz CT molecular complexity index is 1220. The predicted octanol–water partition coefficient (Wildman–Crippen LogP) is 5.34. The first-order chi connectivity index (χ1) is 16.4. The van der Waals surface area contributed by atoms with Crippen LogP contribution >= 0.6 is 22.9 Å². The first kappa shape index (κ1) is 23.8. The van der Waals surface area contributed by atoms with E-state index in [4.69, 9.17) is 21.1 Å². The van der Waals surface area contributed by atoms with Crippen molar-refractivity contribution in [2.75, 3.05) is 24.4 Å². The zero-order valence-corrected chi connectivity index (χ0v) is 20.1. The van der Waals surface area contributed by atoms with Crippen LogP contribution in [0.2, 0.25) is 5.02 Å². The average Bonchev–Trinajstić information content (AvgIpc) is 3.20. The minimum atomic E-state index is -0.634. The highest BCUT2D eigenvalue weighted by molar-refractivity contribution is 7.17. The normalized spacial score (nSPS) is 12.4. The fourth-order valence-electron chi connectivity index (χ4n) is 3.75. The van der Waals surface area contributed by atoms with Gasteiger partial charge in [-0.15, -0.1) is 11.3 Å². The number of amides is 2. The van der Waals surface area contributed by atoms with Crippen LogP contribution < -0.4 is 15.4 Å². The Kier molecular flexibility index (Phi) is 7.49. The number of fused-ring (bicyclic) bond motifs is 1. The van der Waals surface area contributed by atoms with Crippen LogP contribution in [0.4, 0.5) is 10.7 Å². The molecule has 2 aromatic carbocycles. The molecule has 0 saturated carbocycles. The topological polar surface area (TPSA) is 93.7 Å². The van der Waals surface area contributed by atoms with Crippen LogP contribution in [0.5, 0.6) is 5.75 Å². The number of halogens is 1. The number of benzene rings is 2. The molecule has 34 heavy (non-hydrogen) atoms. The van der Waals surface area contributed by atoms with E-state index >= 15 is 0 Å². The average molecular weight is 499 g/mol. The second kappa shape index (κ2) is 10.7. The number of methoxy groups -OCH3 is 1. The molecule has 176 valence electrons. The first-order valence-electron chi connectivity index (χ1n) is 10.8. The van der Waals surface area contributed by atoms with E-state index < -0.39 is 18.5 Å². The molecular weight excluding hydrogens is 476 g/mol. The molecule has 0 bridgehead atoms. The highest BCUT2D eigenvalue weighted by Crippen LogP contribution is 2.39. The number of rotatable bonds is 7. The highest BCUT2D eigenvalue weighted by atomic mass is 35.5. The van der Waals surface area contributed by atoms with E-state index in [1.807, 2.05) is 0 Å². The summed E-state index contributed by atoms with van der Waals surface area (Å²) in [6.45, 7) is -0.457. The zero-order chi connectivity index (χ0) is 24.1. The Balaban J connectivity index is 1.48. The second-order valence-corrected chi connectivity index (χ2v) is 9.27. The van der Waals surface area contributed by atoms with E-state index in [9.17, 15) is 14.4 Å². The van der Waals surface area contributed by atoms with Gasteiger partial charge >= 0.3 is 5.97 Å². The van der Waals surface area contributed by atoms with Crippen LogP contribution in [0.3, 0.4) is 0 Å². The van der Waals surface area contributed by atoms with Gasteiger partial charge in [0.2, 0.25) is 0 Å². The van der Waals surface area contributed by atoms with Crippen molar-refractivity contribution in [3.05, 3.63) is 75.1 Å². The van der Waals surface area contributed by atoms with E-state index in [1.165, 1.54) is 11.3 Å². The maximum Gasteiger partial charge on any atom is 0.341 e. The Morgan fingerprint density at radius 2 is 1.79 bits per heavy atom. The van der Waals surface area contributed by atoms with E-state index in [-0.39, 0.29) is 5.91 Å². The van der Waals surface area contributed by atoms with Crippen molar-refractivity contribution < 1.29 is 23.9 Å². The number of nitrogens with one attached hydrogen (secondary N) is 2. The zero-order valence-electron chi connectivity index (χ0n) is 18.5. The second-order valence-electron chi connectivity index (χ2n) is 7.73. The fourth-order valence-corrected chi connectivity index (χ4v) is 5.22. The number of aryl methyl sites for hydroxylation is 1. The van der Waals surface area contributed by atoms with Gasteiger partial charge in [0, 0.05) is 21.2 Å². The van der Waals surface area contributed by atoms with Crippen LogP contribution in [-0.4, -0.2) is 31.5 Å². The Morgan fingerprint density at radius 3 is 2.53 bits per heavy atom. The fraction of sp³-hybridized carbons (Fsp3) is 0.240. The number of hydrogen-bond acceptors (Lipinski definition) is 6. The maximum absolute atomic E-state index is 13.0. The molecular formula is C25H23ClN2O5S. The number of ether oxygens (including phenoxy) is 2. The van der Waals surface area contributed by atoms with E-state index in [1.54, 1.807) is 55.6 Å². The number of hydrogen-bond donors (Lipinski definition) is 2. The standard InChI is InChI=1S/C25H23ClN2O5S/c1-32-18-11-9-15(10-12-18)23(30)28-24-22(19-7-2-3-8-20(19)34-24)25(31)33-14-21(29)27-17-6-4-5-16(26)13-17/h4-6,9-13H,2-3,7-8,14H2,1H3,(H,27,29)(H,28,30). The first-order valence-corrected chi connectivity index (χ1v) is 12.0. The molecule has 0 radical (unpaired) electrons. The summed E-state index contributed by atoms with van der Waals surface area (Å²) in [6, 6.07) is 13.4. The Labute approximate surface area is 206 Å². The summed E-state index contributed by atoms with van der Waals surface area (Å²) >= 11 is 7.32. The smallest absolute Gasteiger partial charge is 0.341 e. The van der Waals surface area contributed by atoms with Gasteiger partial charge in [-0.25, -0.2) is 4.79 Å². The van der Waals surface area contributed by atoms with Gasteiger partial charge in [0.05, 0.1) is 12.7 Å². The molecule has 0 spiro atoms. The van der Waals surface area contributed by atoms with Crippen molar-refractivity contribution in [1.29, 1.82) is 0 Å². The van der Waals surface area contributed by atoms with Gasteiger partial charge in [0.15, 0.2) is 6.61 Å². The lowest BCUT2D eigenvalue weighted by atomic mass is 9.95. The number of carbonyl (C=O) groups excluding carboxylic acids is 3. The maximum atomic E-state index is 13.0. The SMILES string of the molecule is COc1ccc(C(=O)Nc2sc3c(c2C(=O)OCC(=O)Nc2cccc(Cl)c2)CCCC3)cc1. The third-order valence-corrected chi connectivity index (χ3v) is 6.84. The number of carbonyl (C=O) groups is 3. The van der Waals surface area contributed by atoms with E-state index in [0.717, 1.165) is 36.1 Å². The molecule has 1 heterocycles. The summed E-state index contributed by atoms with van der Waals surface area (Å²) in [5, 5.41) is 6.43. The van der Waals surface area contributed by atoms with Crippen molar-refractivity contribution in [2.45, 2.75) is 25.7 Å². The number of anilines is 2. The third-order valence-electron chi connectivity index (χ3n) is 5.40. The molecule has 4 rings (SSSR count). The molecule has 1 aliphatic rings. The summed E-state index contributed by atoms with van der Waals surface area (Å²) in [5.41, 5.74) is 2.17. The molecule has 3 aromatic rings. The van der Waals surface area contributed by atoms with Crippen LogP contribution in [-0.2, 0) is 22.4 Å². The van der Waals surface area contributed by atoms with Crippen molar-refractivity contribution in [1.82, 2.24) is 0 Å². The molecule has 7 nitrogen and oxygen atoms in total. The molecule has 1 aromatic heterocycles. The molecule has 0 saturated heterocycles. The van der Waals surface area contributed by atoms with Crippen LogP contribution in [0.15, 0.2) is 48.5 Å². The van der Waals surface area contributed by atoms with E-state index in [0.29, 0.717) is 32.6 Å². The lowest BCUT2D eigenvalue weighted by Crippen LogP contribution is -2.22.